The molecule has 0 aliphatic heterocycles. The van der Waals surface area contributed by atoms with E-state index in [0.717, 1.165) is 11.3 Å². The van der Waals surface area contributed by atoms with Gasteiger partial charge in [0.2, 0.25) is 4.96 Å². The van der Waals surface area contributed by atoms with E-state index < -0.39 is 0 Å². The van der Waals surface area contributed by atoms with Gasteiger partial charge < -0.3 is 4.74 Å². The highest BCUT2D eigenvalue weighted by Gasteiger charge is 2.15. The zero-order valence-corrected chi connectivity index (χ0v) is 17.5. The molecule has 0 saturated carbocycles. The topological polar surface area (TPSA) is 68.5 Å². The van der Waals surface area contributed by atoms with Gasteiger partial charge in [0.15, 0.2) is 0 Å². The fourth-order valence-corrected chi connectivity index (χ4v) is 3.67. The monoisotopic (exact) mass is 426 g/mol. The number of nitrogens with zero attached hydrogens (tertiary/aromatic N) is 3. The fraction of sp³-hybridized carbons (Fsp3) is 0.190. The Morgan fingerprint density at radius 1 is 1.24 bits per heavy atom. The number of ether oxygens (including phenoxy) is 1. The van der Waals surface area contributed by atoms with E-state index in [-0.39, 0.29) is 11.9 Å². The highest BCUT2D eigenvalue weighted by molar-refractivity contribution is 7.15. The summed E-state index contributed by atoms with van der Waals surface area (Å²) in [4.78, 5) is 17.7. The van der Waals surface area contributed by atoms with Crippen molar-refractivity contribution in [3.63, 3.8) is 0 Å². The number of amides is 1. The molecule has 0 bridgehead atoms. The van der Waals surface area contributed by atoms with Crippen molar-refractivity contribution in [2.45, 2.75) is 13.8 Å². The summed E-state index contributed by atoms with van der Waals surface area (Å²) in [6, 6.07) is 14.6. The lowest BCUT2D eigenvalue weighted by atomic mass is 10.2. The molecule has 0 fully saturated rings. The Hall–Kier alpha value is -2.90. The van der Waals surface area contributed by atoms with E-state index in [2.05, 4.69) is 29.2 Å². The molecule has 4 rings (SSSR count). The lowest BCUT2D eigenvalue weighted by Crippen LogP contribution is -2.13. The maximum atomic E-state index is 12.6. The first-order valence-corrected chi connectivity index (χ1v) is 10.4. The minimum atomic E-state index is -0.286. The molecule has 0 unspecified atom stereocenters. The number of hydrogen-bond donors (Lipinski definition) is 1. The molecule has 0 spiro atoms. The average Bonchev–Trinajstić information content (AvgIpc) is 3.27. The summed E-state index contributed by atoms with van der Waals surface area (Å²) >= 11 is 7.42. The van der Waals surface area contributed by atoms with Crippen LogP contribution in [0.1, 0.15) is 24.2 Å². The number of benzene rings is 2. The zero-order chi connectivity index (χ0) is 20.4. The standard InChI is InChI=1S/C21H19ClN4O2S/c1-13(2)11-28-17-5-3-4-15(10-17)19(27)23-20-24-21-26(25-20)18(12-29-21)14-6-8-16(22)9-7-14/h3-10,12-13H,11H2,1-2H3,(H,23,25,27). The molecule has 0 aliphatic carbocycles. The second kappa shape index (κ2) is 8.23. The van der Waals surface area contributed by atoms with Gasteiger partial charge >= 0.3 is 0 Å². The van der Waals surface area contributed by atoms with Crippen LogP contribution in [0, 0.1) is 5.92 Å². The molecule has 2 heterocycles. The van der Waals surface area contributed by atoms with E-state index in [1.54, 1.807) is 22.7 Å². The van der Waals surface area contributed by atoms with Crippen LogP contribution in [0.4, 0.5) is 5.95 Å². The van der Waals surface area contributed by atoms with E-state index in [1.165, 1.54) is 11.3 Å². The van der Waals surface area contributed by atoms with Crippen LogP contribution in [-0.2, 0) is 0 Å². The second-order valence-electron chi connectivity index (χ2n) is 6.94. The Morgan fingerprint density at radius 2 is 2.03 bits per heavy atom. The molecule has 4 aromatic rings. The predicted octanol–water partition coefficient (Wildman–Crippen LogP) is 5.40. The fourth-order valence-electron chi connectivity index (χ4n) is 2.72. The number of rotatable bonds is 6. The van der Waals surface area contributed by atoms with Gasteiger partial charge in [-0.1, -0.05) is 43.6 Å². The zero-order valence-electron chi connectivity index (χ0n) is 15.9. The lowest BCUT2D eigenvalue weighted by molar-refractivity contribution is 0.102. The molecule has 8 heteroatoms. The first-order chi connectivity index (χ1) is 14.0. The van der Waals surface area contributed by atoms with Crippen molar-refractivity contribution in [1.82, 2.24) is 14.6 Å². The van der Waals surface area contributed by atoms with Crippen molar-refractivity contribution in [2.24, 2.45) is 5.92 Å². The maximum Gasteiger partial charge on any atom is 0.258 e. The number of aromatic nitrogens is 3. The van der Waals surface area contributed by atoms with Crippen LogP contribution >= 0.6 is 22.9 Å². The summed E-state index contributed by atoms with van der Waals surface area (Å²) in [5.41, 5.74) is 2.35. The van der Waals surface area contributed by atoms with Gasteiger partial charge in [-0.3, -0.25) is 10.1 Å². The Balaban J connectivity index is 1.53. The van der Waals surface area contributed by atoms with E-state index in [4.69, 9.17) is 16.3 Å². The number of fused-ring (bicyclic) bond motifs is 1. The maximum absolute atomic E-state index is 12.6. The largest absolute Gasteiger partial charge is 0.493 e. The number of thiazole rings is 1. The summed E-state index contributed by atoms with van der Waals surface area (Å²) in [6.45, 7) is 4.74. The second-order valence-corrected chi connectivity index (χ2v) is 8.22. The van der Waals surface area contributed by atoms with Crippen LogP contribution < -0.4 is 10.1 Å². The number of hydrogen-bond acceptors (Lipinski definition) is 5. The van der Waals surface area contributed by atoms with Crippen molar-refractivity contribution >= 4 is 39.8 Å². The minimum Gasteiger partial charge on any atom is -0.493 e. The number of anilines is 1. The average molecular weight is 427 g/mol. The summed E-state index contributed by atoms with van der Waals surface area (Å²) in [7, 11) is 0. The first-order valence-electron chi connectivity index (χ1n) is 9.14. The van der Waals surface area contributed by atoms with Gasteiger partial charge in [0.25, 0.3) is 11.9 Å². The highest BCUT2D eigenvalue weighted by atomic mass is 35.5. The Kier molecular flexibility index (Phi) is 5.51. The Morgan fingerprint density at radius 3 is 2.79 bits per heavy atom. The molecule has 1 amide bonds. The van der Waals surface area contributed by atoms with Crippen molar-refractivity contribution in [3.8, 4) is 17.0 Å². The van der Waals surface area contributed by atoms with Crippen molar-refractivity contribution < 1.29 is 9.53 Å². The molecule has 0 aliphatic rings. The summed E-state index contributed by atoms with van der Waals surface area (Å²) in [5.74, 6) is 1.04. The predicted molar refractivity (Wildman–Crippen MR) is 116 cm³/mol. The molecule has 0 radical (unpaired) electrons. The van der Waals surface area contributed by atoms with E-state index in [1.807, 2.05) is 35.7 Å². The van der Waals surface area contributed by atoms with Crippen molar-refractivity contribution in [1.29, 1.82) is 0 Å². The number of carbonyl (C=O) groups excluding carboxylic acids is 1. The third-order valence-corrected chi connectivity index (χ3v) is 5.19. The lowest BCUT2D eigenvalue weighted by Gasteiger charge is -2.09. The molecule has 1 N–H and O–H groups in total. The van der Waals surface area contributed by atoms with E-state index in [9.17, 15) is 4.79 Å². The van der Waals surface area contributed by atoms with Crippen LogP contribution in [-0.4, -0.2) is 27.1 Å². The Bertz CT molecular complexity index is 1150. The molecule has 148 valence electrons. The highest BCUT2D eigenvalue weighted by Crippen LogP contribution is 2.27. The minimum absolute atomic E-state index is 0.255. The number of halogens is 1. The SMILES string of the molecule is CC(C)COc1cccc(C(=O)Nc2nc3scc(-c4ccc(Cl)cc4)n3n2)c1. The van der Waals surface area contributed by atoms with Crippen LogP contribution in [0.5, 0.6) is 5.75 Å². The van der Waals surface area contributed by atoms with Gasteiger partial charge in [0, 0.05) is 21.5 Å². The van der Waals surface area contributed by atoms with Crippen LogP contribution in [0.15, 0.2) is 53.9 Å². The molecule has 2 aromatic heterocycles. The number of carbonyl (C=O) groups is 1. The molecule has 2 aromatic carbocycles. The summed E-state index contributed by atoms with van der Waals surface area (Å²) < 4.78 is 7.41. The quantitative estimate of drug-likeness (QED) is 0.448. The van der Waals surface area contributed by atoms with Gasteiger partial charge in [0.05, 0.1) is 12.3 Å². The molecule has 0 saturated heterocycles. The van der Waals surface area contributed by atoms with Crippen LogP contribution in [0.25, 0.3) is 16.2 Å². The molecule has 0 atom stereocenters. The summed E-state index contributed by atoms with van der Waals surface area (Å²) in [6.07, 6.45) is 0. The smallest absolute Gasteiger partial charge is 0.258 e. The Labute approximate surface area is 177 Å². The van der Waals surface area contributed by atoms with Gasteiger partial charge in [0.1, 0.15) is 5.75 Å². The molecule has 29 heavy (non-hydrogen) atoms. The molecular weight excluding hydrogens is 408 g/mol. The van der Waals surface area contributed by atoms with Crippen molar-refractivity contribution in [2.75, 3.05) is 11.9 Å². The van der Waals surface area contributed by atoms with Gasteiger partial charge in [-0.05, 0) is 36.2 Å². The first kappa shape index (κ1) is 19.4. The van der Waals surface area contributed by atoms with E-state index >= 15 is 0 Å². The number of nitrogens with one attached hydrogen (secondary N) is 1. The molecular formula is C21H19ClN4O2S. The van der Waals surface area contributed by atoms with Crippen LogP contribution in [0.2, 0.25) is 5.02 Å². The summed E-state index contributed by atoms with van der Waals surface area (Å²) in [5, 5.41) is 9.84. The normalized spacial score (nSPS) is 11.2. The van der Waals surface area contributed by atoms with Gasteiger partial charge in [-0.15, -0.1) is 16.4 Å². The van der Waals surface area contributed by atoms with Gasteiger partial charge in [-0.2, -0.15) is 4.98 Å². The van der Waals surface area contributed by atoms with Crippen LogP contribution in [0.3, 0.4) is 0 Å². The van der Waals surface area contributed by atoms with E-state index in [0.29, 0.717) is 33.8 Å². The van der Waals surface area contributed by atoms with Crippen molar-refractivity contribution in [3.05, 3.63) is 64.5 Å². The molecule has 6 nitrogen and oxygen atoms in total. The van der Waals surface area contributed by atoms with Gasteiger partial charge in [-0.25, -0.2) is 4.52 Å². The third kappa shape index (κ3) is 4.41. The third-order valence-electron chi connectivity index (χ3n) is 4.13.